The third-order valence-corrected chi connectivity index (χ3v) is 4.96. The van der Waals surface area contributed by atoms with Gasteiger partial charge in [-0.05, 0) is 38.8 Å². The van der Waals surface area contributed by atoms with Crippen molar-refractivity contribution in [1.29, 1.82) is 0 Å². The first-order valence-corrected chi connectivity index (χ1v) is 8.66. The van der Waals surface area contributed by atoms with Gasteiger partial charge in [-0.15, -0.1) is 0 Å². The summed E-state index contributed by atoms with van der Waals surface area (Å²) in [5.74, 6) is -0.169. The lowest BCUT2D eigenvalue weighted by Crippen LogP contribution is -2.55. The summed E-state index contributed by atoms with van der Waals surface area (Å²) in [4.78, 5) is 13.4. The lowest BCUT2D eigenvalue weighted by molar-refractivity contribution is -0.124. The van der Waals surface area contributed by atoms with Crippen LogP contribution in [0.4, 0.5) is 0 Å². The molecule has 1 rings (SSSR count). The Balaban J connectivity index is 2.42. The first kappa shape index (κ1) is 16.4. The first-order chi connectivity index (χ1) is 8.65. The highest BCUT2D eigenvalue weighted by Crippen LogP contribution is 2.35. The summed E-state index contributed by atoms with van der Waals surface area (Å²) in [7, 11) is -1.06. The molecule has 1 aliphatic rings. The van der Waals surface area contributed by atoms with E-state index in [-0.39, 0.29) is 11.7 Å². The second kappa shape index (κ2) is 6.19. The van der Waals surface area contributed by atoms with E-state index in [1.807, 2.05) is 11.9 Å². The van der Waals surface area contributed by atoms with Crippen LogP contribution >= 0.6 is 0 Å². The zero-order chi connectivity index (χ0) is 14.7. The van der Waals surface area contributed by atoms with E-state index in [2.05, 4.69) is 0 Å². The number of rotatable bonds is 7. The molecule has 0 bridgehead atoms. The van der Waals surface area contributed by atoms with Crippen molar-refractivity contribution in [2.24, 2.45) is 17.4 Å². The van der Waals surface area contributed by atoms with Crippen LogP contribution in [0.25, 0.3) is 0 Å². The fourth-order valence-corrected chi connectivity index (χ4v) is 3.28. The van der Waals surface area contributed by atoms with Crippen molar-refractivity contribution in [3.8, 4) is 0 Å². The molecular weight excluding hydrogens is 266 g/mol. The van der Waals surface area contributed by atoms with Gasteiger partial charge in [0.25, 0.3) is 0 Å². The molecule has 19 heavy (non-hydrogen) atoms. The number of primary amides is 1. The molecule has 4 N–H and O–H groups in total. The van der Waals surface area contributed by atoms with Crippen LogP contribution in [0.15, 0.2) is 0 Å². The lowest BCUT2D eigenvalue weighted by atomic mass is 9.85. The van der Waals surface area contributed by atoms with Crippen molar-refractivity contribution in [2.45, 2.75) is 31.2 Å². The molecule has 0 aromatic carbocycles. The van der Waals surface area contributed by atoms with E-state index in [1.165, 1.54) is 6.26 Å². The lowest BCUT2D eigenvalue weighted by Gasteiger charge is -2.29. The van der Waals surface area contributed by atoms with Gasteiger partial charge >= 0.3 is 0 Å². The Labute approximate surface area is 115 Å². The van der Waals surface area contributed by atoms with Gasteiger partial charge in [0.1, 0.15) is 9.84 Å². The molecule has 6 nitrogen and oxygen atoms in total. The van der Waals surface area contributed by atoms with E-state index >= 15 is 0 Å². The van der Waals surface area contributed by atoms with Crippen LogP contribution < -0.4 is 11.5 Å². The van der Waals surface area contributed by atoms with E-state index < -0.39 is 21.3 Å². The predicted octanol–water partition coefficient (Wildman–Crippen LogP) is -0.664. The average molecular weight is 291 g/mol. The van der Waals surface area contributed by atoms with Crippen LogP contribution in [0.1, 0.15) is 25.7 Å². The highest BCUT2D eigenvalue weighted by atomic mass is 32.2. The van der Waals surface area contributed by atoms with Crippen LogP contribution in [0, 0.1) is 5.92 Å². The fraction of sp³-hybridized carbons (Fsp3) is 0.917. The summed E-state index contributed by atoms with van der Waals surface area (Å²) < 4.78 is 22.2. The quantitative estimate of drug-likeness (QED) is 0.647. The molecule has 0 aliphatic heterocycles. The van der Waals surface area contributed by atoms with Gasteiger partial charge in [-0.25, -0.2) is 8.42 Å². The van der Waals surface area contributed by atoms with Crippen molar-refractivity contribution >= 4 is 15.7 Å². The maximum absolute atomic E-state index is 11.4. The van der Waals surface area contributed by atoms with Crippen LogP contribution in [-0.2, 0) is 14.6 Å². The topological polar surface area (TPSA) is 106 Å². The zero-order valence-corrected chi connectivity index (χ0v) is 12.6. The van der Waals surface area contributed by atoms with Crippen molar-refractivity contribution in [3.63, 3.8) is 0 Å². The van der Waals surface area contributed by atoms with Gasteiger partial charge in [0.2, 0.25) is 5.91 Å². The standard InChI is InChI=1S/C12H25N3O3S/c1-15(8-9-19(2,17)18)7-5-10-4-3-6-12(10,14)11(13)16/h10H,3-9,14H2,1-2H3,(H2,13,16). The average Bonchev–Trinajstić information content (AvgIpc) is 2.66. The maximum atomic E-state index is 11.4. The molecule has 2 atom stereocenters. The Morgan fingerprint density at radius 2 is 2.05 bits per heavy atom. The molecule has 1 amide bonds. The SMILES string of the molecule is CN(CCC1CCCC1(N)C(N)=O)CCS(C)(=O)=O. The zero-order valence-electron chi connectivity index (χ0n) is 11.8. The van der Waals surface area contributed by atoms with Gasteiger partial charge < -0.3 is 16.4 Å². The number of hydrogen-bond donors (Lipinski definition) is 2. The molecule has 0 spiro atoms. The second-order valence-electron chi connectivity index (χ2n) is 5.72. The largest absolute Gasteiger partial charge is 0.368 e. The summed E-state index contributed by atoms with van der Waals surface area (Å²) in [5, 5.41) is 0. The third-order valence-electron chi connectivity index (χ3n) is 4.03. The highest BCUT2D eigenvalue weighted by Gasteiger charge is 2.43. The highest BCUT2D eigenvalue weighted by molar-refractivity contribution is 7.90. The molecule has 1 fully saturated rings. The van der Waals surface area contributed by atoms with Gasteiger partial charge in [-0.2, -0.15) is 0 Å². The molecule has 0 saturated heterocycles. The van der Waals surface area contributed by atoms with Crippen LogP contribution in [0.5, 0.6) is 0 Å². The number of amides is 1. The van der Waals surface area contributed by atoms with Crippen molar-refractivity contribution < 1.29 is 13.2 Å². The van der Waals surface area contributed by atoms with E-state index in [0.29, 0.717) is 13.0 Å². The Kier molecular flexibility index (Phi) is 5.34. The van der Waals surface area contributed by atoms with Crippen LogP contribution in [0.2, 0.25) is 0 Å². The molecule has 1 saturated carbocycles. The van der Waals surface area contributed by atoms with Gasteiger partial charge in [-0.3, -0.25) is 4.79 Å². The predicted molar refractivity (Wildman–Crippen MR) is 75.3 cm³/mol. The molecule has 0 aromatic rings. The number of hydrogen-bond acceptors (Lipinski definition) is 5. The van der Waals surface area contributed by atoms with Crippen LogP contribution in [-0.4, -0.2) is 56.9 Å². The fourth-order valence-electron chi connectivity index (χ4n) is 2.64. The minimum Gasteiger partial charge on any atom is -0.368 e. The van der Waals surface area contributed by atoms with E-state index in [1.54, 1.807) is 0 Å². The summed E-state index contributed by atoms with van der Waals surface area (Å²) in [6.45, 7) is 1.23. The summed E-state index contributed by atoms with van der Waals surface area (Å²) in [5.41, 5.74) is 10.6. The Bertz CT molecular complexity index is 424. The van der Waals surface area contributed by atoms with Gasteiger partial charge in [0, 0.05) is 12.8 Å². The molecule has 1 aliphatic carbocycles. The summed E-state index contributed by atoms with van der Waals surface area (Å²) in [6, 6.07) is 0. The maximum Gasteiger partial charge on any atom is 0.237 e. The third kappa shape index (κ3) is 4.74. The van der Waals surface area contributed by atoms with Crippen LogP contribution in [0.3, 0.4) is 0 Å². The second-order valence-corrected chi connectivity index (χ2v) is 7.98. The monoisotopic (exact) mass is 291 g/mol. The number of nitrogens with two attached hydrogens (primary N) is 2. The number of carbonyl (C=O) groups excluding carboxylic acids is 1. The molecule has 0 heterocycles. The normalized spacial score (nSPS) is 27.9. The van der Waals surface area contributed by atoms with E-state index in [4.69, 9.17) is 11.5 Å². The molecular formula is C12H25N3O3S. The molecule has 0 radical (unpaired) electrons. The Morgan fingerprint density at radius 3 is 2.58 bits per heavy atom. The van der Waals surface area contributed by atoms with Crippen molar-refractivity contribution in [3.05, 3.63) is 0 Å². The van der Waals surface area contributed by atoms with Gasteiger partial charge in [-0.1, -0.05) is 6.42 Å². The molecule has 7 heteroatoms. The van der Waals surface area contributed by atoms with Crippen molar-refractivity contribution in [1.82, 2.24) is 4.90 Å². The number of nitrogens with zero attached hydrogens (tertiary/aromatic N) is 1. The smallest absolute Gasteiger partial charge is 0.237 e. The van der Waals surface area contributed by atoms with E-state index in [0.717, 1.165) is 25.8 Å². The molecule has 112 valence electrons. The summed E-state index contributed by atoms with van der Waals surface area (Å²) in [6.07, 6.45) is 4.51. The van der Waals surface area contributed by atoms with Gasteiger partial charge in [0.05, 0.1) is 11.3 Å². The molecule has 2 unspecified atom stereocenters. The first-order valence-electron chi connectivity index (χ1n) is 6.60. The minimum absolute atomic E-state index is 0.102. The summed E-state index contributed by atoms with van der Waals surface area (Å²) >= 11 is 0. The minimum atomic E-state index is -2.93. The Morgan fingerprint density at radius 1 is 1.42 bits per heavy atom. The molecule has 0 aromatic heterocycles. The number of carbonyl (C=O) groups is 1. The van der Waals surface area contributed by atoms with Crippen molar-refractivity contribution in [2.75, 3.05) is 32.1 Å². The Hall–Kier alpha value is -0.660. The van der Waals surface area contributed by atoms with E-state index in [9.17, 15) is 13.2 Å². The van der Waals surface area contributed by atoms with Gasteiger partial charge in [0.15, 0.2) is 0 Å². The number of sulfone groups is 1.